The van der Waals surface area contributed by atoms with Crippen LogP contribution < -0.4 is 10.5 Å². The maximum atomic E-state index is 12.5. The highest BCUT2D eigenvalue weighted by Crippen LogP contribution is 2.22. The number of benzene rings is 1. The van der Waals surface area contributed by atoms with Gasteiger partial charge in [0.05, 0.1) is 11.3 Å². The summed E-state index contributed by atoms with van der Waals surface area (Å²) in [5.74, 6) is 0.342. The molecule has 8 heteroatoms. The number of rotatable bonds is 4. The topological polar surface area (TPSA) is 95.9 Å². The van der Waals surface area contributed by atoms with E-state index in [0.29, 0.717) is 17.1 Å². The van der Waals surface area contributed by atoms with Crippen LogP contribution in [0, 0.1) is 13.8 Å². The molecule has 1 aromatic carbocycles. The third-order valence-electron chi connectivity index (χ3n) is 3.39. The van der Waals surface area contributed by atoms with Crippen molar-refractivity contribution in [2.24, 2.45) is 0 Å². The van der Waals surface area contributed by atoms with E-state index in [0.717, 1.165) is 10.6 Å². The Morgan fingerprint density at radius 2 is 1.92 bits per heavy atom. The highest BCUT2D eigenvalue weighted by Gasteiger charge is 2.16. The molecule has 7 nitrogen and oxygen atoms in total. The summed E-state index contributed by atoms with van der Waals surface area (Å²) in [4.78, 5) is 21.9. The minimum atomic E-state index is -0.474. The van der Waals surface area contributed by atoms with Gasteiger partial charge in [-0.1, -0.05) is 12.1 Å². The number of nitrogens with zero attached hydrogens (tertiary/aromatic N) is 4. The van der Waals surface area contributed by atoms with E-state index in [-0.39, 0.29) is 11.8 Å². The number of ether oxygens (including phenoxy) is 1. The number of hydrogen-bond acceptors (Lipinski definition) is 7. The molecule has 0 aliphatic carbocycles. The summed E-state index contributed by atoms with van der Waals surface area (Å²) in [5.41, 5.74) is 7.78. The first kappa shape index (κ1) is 17.0. The van der Waals surface area contributed by atoms with Crippen LogP contribution in [0.2, 0.25) is 0 Å². The van der Waals surface area contributed by atoms with E-state index in [2.05, 4.69) is 15.1 Å². The van der Waals surface area contributed by atoms with Gasteiger partial charge in [0.15, 0.2) is 0 Å². The molecule has 25 heavy (non-hydrogen) atoms. The van der Waals surface area contributed by atoms with Gasteiger partial charge in [0.2, 0.25) is 5.88 Å². The minimum absolute atomic E-state index is 0.149. The van der Waals surface area contributed by atoms with Crippen LogP contribution >= 0.6 is 11.8 Å². The van der Waals surface area contributed by atoms with Gasteiger partial charge >= 0.3 is 5.97 Å². The SMILES string of the molecule is CSc1ccccc1C(=O)Oc1cc(C)nc(-n2nc(C)cc2N)n1. The zero-order valence-corrected chi connectivity index (χ0v) is 14.9. The predicted molar refractivity (Wildman–Crippen MR) is 96.2 cm³/mol. The third kappa shape index (κ3) is 3.63. The molecule has 0 radical (unpaired) electrons. The molecule has 0 bridgehead atoms. The zero-order chi connectivity index (χ0) is 18.0. The number of thioether (sulfide) groups is 1. The number of aryl methyl sites for hydroxylation is 2. The van der Waals surface area contributed by atoms with Crippen LogP contribution in [0.25, 0.3) is 5.95 Å². The largest absolute Gasteiger partial charge is 0.404 e. The molecule has 0 aliphatic heterocycles. The number of anilines is 1. The smallest absolute Gasteiger partial charge is 0.346 e. The zero-order valence-electron chi connectivity index (χ0n) is 14.1. The number of nitrogen functional groups attached to an aromatic ring is 1. The molecular weight excluding hydrogens is 338 g/mol. The van der Waals surface area contributed by atoms with Crippen molar-refractivity contribution in [1.29, 1.82) is 0 Å². The quantitative estimate of drug-likeness (QED) is 0.568. The van der Waals surface area contributed by atoms with Crippen molar-refractivity contribution < 1.29 is 9.53 Å². The Kier molecular flexibility index (Phi) is 4.71. The monoisotopic (exact) mass is 355 g/mol. The average molecular weight is 355 g/mol. The van der Waals surface area contributed by atoms with Crippen molar-refractivity contribution in [2.45, 2.75) is 18.7 Å². The molecule has 2 aromatic heterocycles. The van der Waals surface area contributed by atoms with E-state index in [1.54, 1.807) is 31.2 Å². The Morgan fingerprint density at radius 3 is 2.60 bits per heavy atom. The summed E-state index contributed by atoms with van der Waals surface area (Å²) < 4.78 is 6.86. The normalized spacial score (nSPS) is 10.7. The van der Waals surface area contributed by atoms with Crippen molar-refractivity contribution in [3.8, 4) is 11.8 Å². The van der Waals surface area contributed by atoms with Crippen LogP contribution in [0.15, 0.2) is 41.3 Å². The first-order valence-electron chi connectivity index (χ1n) is 7.51. The highest BCUT2D eigenvalue weighted by atomic mass is 32.2. The number of nitrogens with two attached hydrogens (primary N) is 1. The molecule has 2 heterocycles. The van der Waals surface area contributed by atoms with E-state index < -0.39 is 5.97 Å². The van der Waals surface area contributed by atoms with Gasteiger partial charge in [0, 0.05) is 22.7 Å². The Bertz CT molecular complexity index is 939. The number of carbonyl (C=O) groups is 1. The van der Waals surface area contributed by atoms with Crippen LogP contribution in [0.5, 0.6) is 5.88 Å². The van der Waals surface area contributed by atoms with Crippen molar-refractivity contribution in [2.75, 3.05) is 12.0 Å². The molecule has 3 aromatic rings. The molecule has 0 atom stereocenters. The van der Waals surface area contributed by atoms with E-state index >= 15 is 0 Å². The fourth-order valence-corrected chi connectivity index (χ4v) is 2.90. The van der Waals surface area contributed by atoms with Gasteiger partial charge in [-0.2, -0.15) is 14.8 Å². The molecule has 3 rings (SSSR count). The van der Waals surface area contributed by atoms with Gasteiger partial charge in [-0.3, -0.25) is 0 Å². The van der Waals surface area contributed by atoms with Gasteiger partial charge in [-0.15, -0.1) is 11.8 Å². The van der Waals surface area contributed by atoms with E-state index in [1.165, 1.54) is 16.4 Å². The third-order valence-corrected chi connectivity index (χ3v) is 4.19. The number of hydrogen-bond donors (Lipinski definition) is 1. The molecule has 0 saturated carbocycles. The average Bonchev–Trinajstić information content (AvgIpc) is 2.92. The van der Waals surface area contributed by atoms with Crippen LogP contribution in [-0.2, 0) is 0 Å². The van der Waals surface area contributed by atoms with Crippen molar-refractivity contribution in [1.82, 2.24) is 19.7 Å². The lowest BCUT2D eigenvalue weighted by molar-refractivity contribution is 0.0723. The molecule has 0 spiro atoms. The van der Waals surface area contributed by atoms with Gasteiger partial charge in [-0.05, 0) is 32.2 Å². The van der Waals surface area contributed by atoms with Crippen molar-refractivity contribution in [3.63, 3.8) is 0 Å². The summed E-state index contributed by atoms with van der Waals surface area (Å²) in [7, 11) is 0. The summed E-state index contributed by atoms with van der Waals surface area (Å²) in [6, 6.07) is 10.6. The fourth-order valence-electron chi connectivity index (χ4n) is 2.31. The number of esters is 1. The van der Waals surface area contributed by atoms with Crippen LogP contribution in [-0.4, -0.2) is 32.0 Å². The Balaban J connectivity index is 1.93. The molecule has 0 unspecified atom stereocenters. The molecule has 0 saturated heterocycles. The van der Waals surface area contributed by atoms with Gasteiger partial charge in [0.1, 0.15) is 5.82 Å². The molecule has 0 aliphatic rings. The minimum Gasteiger partial charge on any atom is -0.404 e. The second kappa shape index (κ2) is 6.94. The fraction of sp³-hybridized carbons (Fsp3) is 0.176. The molecule has 2 N–H and O–H groups in total. The summed E-state index contributed by atoms with van der Waals surface area (Å²) >= 11 is 1.48. The summed E-state index contributed by atoms with van der Waals surface area (Å²) in [6.45, 7) is 3.61. The Labute approximate surface area is 149 Å². The van der Waals surface area contributed by atoms with Crippen LogP contribution in [0.1, 0.15) is 21.7 Å². The van der Waals surface area contributed by atoms with E-state index in [1.807, 2.05) is 25.3 Å². The van der Waals surface area contributed by atoms with Crippen molar-refractivity contribution >= 4 is 23.5 Å². The Morgan fingerprint density at radius 1 is 1.16 bits per heavy atom. The van der Waals surface area contributed by atoms with Crippen LogP contribution in [0.3, 0.4) is 0 Å². The number of aromatic nitrogens is 4. The van der Waals surface area contributed by atoms with Gasteiger partial charge < -0.3 is 10.5 Å². The molecular formula is C17H17N5O2S. The lowest BCUT2D eigenvalue weighted by Gasteiger charge is -2.09. The molecule has 128 valence electrons. The summed E-state index contributed by atoms with van der Waals surface area (Å²) in [6.07, 6.45) is 1.90. The maximum Gasteiger partial charge on any atom is 0.346 e. The molecule has 0 fully saturated rings. The second-order valence-corrected chi connectivity index (χ2v) is 6.21. The lowest BCUT2D eigenvalue weighted by Crippen LogP contribution is -2.13. The van der Waals surface area contributed by atoms with Gasteiger partial charge in [0.25, 0.3) is 5.95 Å². The maximum absolute atomic E-state index is 12.5. The first-order chi connectivity index (χ1) is 12.0. The predicted octanol–water partition coefficient (Wildman–Crippen LogP) is 2.80. The van der Waals surface area contributed by atoms with E-state index in [4.69, 9.17) is 10.5 Å². The Hall–Kier alpha value is -2.87. The van der Waals surface area contributed by atoms with Crippen molar-refractivity contribution in [3.05, 3.63) is 53.3 Å². The summed E-state index contributed by atoms with van der Waals surface area (Å²) in [5, 5.41) is 4.25. The lowest BCUT2D eigenvalue weighted by atomic mass is 10.2. The second-order valence-electron chi connectivity index (χ2n) is 5.36. The van der Waals surface area contributed by atoms with Gasteiger partial charge in [-0.25, -0.2) is 9.78 Å². The highest BCUT2D eigenvalue weighted by molar-refractivity contribution is 7.98. The number of carbonyl (C=O) groups excluding carboxylic acids is 1. The first-order valence-corrected chi connectivity index (χ1v) is 8.74. The van der Waals surface area contributed by atoms with E-state index in [9.17, 15) is 4.79 Å². The standard InChI is InChI=1S/C17H17N5O2S/c1-10-9-15(20-17(19-10)22-14(18)8-11(2)21-22)24-16(23)12-6-4-5-7-13(12)25-3/h4-9H,18H2,1-3H3. The molecule has 0 amide bonds. The van der Waals surface area contributed by atoms with Crippen LogP contribution in [0.4, 0.5) is 5.82 Å².